The van der Waals surface area contributed by atoms with Crippen molar-refractivity contribution in [1.29, 1.82) is 0 Å². The summed E-state index contributed by atoms with van der Waals surface area (Å²) in [4.78, 5) is 33.4. The van der Waals surface area contributed by atoms with Crippen molar-refractivity contribution in [1.82, 2.24) is 19.9 Å². The zero-order valence-electron chi connectivity index (χ0n) is 16.7. The third kappa shape index (κ3) is 4.55. The zero-order chi connectivity index (χ0) is 20.9. The third-order valence-corrected chi connectivity index (χ3v) is 4.95. The molecular formula is C22H23N5O3. The standard InChI is InChI=1S/C22H23N5O3/c1-15-23-9-10-27(15)20-12-16(7-8-24-20)14-25-21(28)17-4-2-5-18(13-17)26-22(29)19-6-3-11-30-19/h2,4-5,7-10,12-13,19H,3,6,11,14H2,1H3,(H,25,28)(H,26,29)/t19-/m0/s1. The smallest absolute Gasteiger partial charge is 0.253 e. The number of benzene rings is 1. The molecule has 1 aliphatic rings. The van der Waals surface area contributed by atoms with Crippen molar-refractivity contribution in [3.8, 4) is 5.82 Å². The average Bonchev–Trinajstić information content (AvgIpc) is 3.44. The van der Waals surface area contributed by atoms with Gasteiger partial charge in [-0.3, -0.25) is 14.2 Å². The Morgan fingerprint density at radius 3 is 2.87 bits per heavy atom. The number of carbonyl (C=O) groups is 2. The molecule has 30 heavy (non-hydrogen) atoms. The minimum Gasteiger partial charge on any atom is -0.368 e. The van der Waals surface area contributed by atoms with Crippen molar-refractivity contribution < 1.29 is 14.3 Å². The molecule has 1 fully saturated rings. The molecule has 4 rings (SSSR count). The summed E-state index contributed by atoms with van der Waals surface area (Å²) in [6.07, 6.45) is 6.46. The van der Waals surface area contributed by atoms with Crippen LogP contribution in [0.2, 0.25) is 0 Å². The van der Waals surface area contributed by atoms with Gasteiger partial charge in [0, 0.05) is 43.0 Å². The van der Waals surface area contributed by atoms with Gasteiger partial charge in [0.1, 0.15) is 17.7 Å². The molecule has 1 atom stereocenters. The van der Waals surface area contributed by atoms with E-state index in [2.05, 4.69) is 20.6 Å². The fourth-order valence-corrected chi connectivity index (χ4v) is 3.35. The first-order chi connectivity index (χ1) is 14.6. The lowest BCUT2D eigenvalue weighted by molar-refractivity contribution is -0.124. The van der Waals surface area contributed by atoms with Gasteiger partial charge in [-0.15, -0.1) is 0 Å². The molecule has 2 aromatic heterocycles. The Bertz CT molecular complexity index is 1060. The number of aryl methyl sites for hydroxylation is 1. The van der Waals surface area contributed by atoms with Gasteiger partial charge in [0.05, 0.1) is 0 Å². The Labute approximate surface area is 174 Å². The Morgan fingerprint density at radius 1 is 1.20 bits per heavy atom. The van der Waals surface area contributed by atoms with Gasteiger partial charge in [-0.2, -0.15) is 0 Å². The highest BCUT2D eigenvalue weighted by atomic mass is 16.5. The zero-order valence-corrected chi connectivity index (χ0v) is 16.7. The second-order valence-electron chi connectivity index (χ2n) is 7.12. The monoisotopic (exact) mass is 405 g/mol. The van der Waals surface area contributed by atoms with E-state index in [1.54, 1.807) is 36.7 Å². The highest BCUT2D eigenvalue weighted by Gasteiger charge is 2.23. The van der Waals surface area contributed by atoms with Crippen LogP contribution in [-0.4, -0.2) is 39.1 Å². The molecule has 1 aromatic carbocycles. The van der Waals surface area contributed by atoms with E-state index >= 15 is 0 Å². The predicted octanol–water partition coefficient (Wildman–Crippen LogP) is 2.62. The number of carbonyl (C=O) groups excluding carboxylic acids is 2. The first-order valence-corrected chi connectivity index (χ1v) is 9.86. The Morgan fingerprint density at radius 2 is 2.10 bits per heavy atom. The Balaban J connectivity index is 1.38. The summed E-state index contributed by atoms with van der Waals surface area (Å²) < 4.78 is 7.27. The summed E-state index contributed by atoms with van der Waals surface area (Å²) in [5.74, 6) is 1.19. The van der Waals surface area contributed by atoms with E-state index in [0.717, 1.165) is 30.0 Å². The molecule has 0 radical (unpaired) electrons. The number of anilines is 1. The van der Waals surface area contributed by atoms with Crippen LogP contribution in [0.4, 0.5) is 5.69 Å². The molecule has 0 aliphatic carbocycles. The average molecular weight is 405 g/mol. The lowest BCUT2D eigenvalue weighted by Crippen LogP contribution is -2.27. The van der Waals surface area contributed by atoms with E-state index in [-0.39, 0.29) is 11.8 Å². The molecule has 1 saturated heterocycles. The predicted molar refractivity (Wildman–Crippen MR) is 111 cm³/mol. The summed E-state index contributed by atoms with van der Waals surface area (Å²) >= 11 is 0. The van der Waals surface area contributed by atoms with Gasteiger partial charge in [0.2, 0.25) is 0 Å². The SMILES string of the molecule is Cc1nccn1-c1cc(CNC(=O)c2cccc(NC(=O)[C@@H]3CCCO3)c2)ccn1. The number of nitrogens with one attached hydrogen (secondary N) is 2. The van der Waals surface area contributed by atoms with E-state index < -0.39 is 6.10 Å². The van der Waals surface area contributed by atoms with Crippen LogP contribution < -0.4 is 10.6 Å². The van der Waals surface area contributed by atoms with Crippen LogP contribution in [0.1, 0.15) is 34.6 Å². The molecule has 8 heteroatoms. The number of imidazole rings is 1. The fourth-order valence-electron chi connectivity index (χ4n) is 3.35. The number of ether oxygens (including phenoxy) is 1. The second kappa shape index (κ2) is 8.87. The Hall–Kier alpha value is -3.52. The van der Waals surface area contributed by atoms with E-state index in [9.17, 15) is 9.59 Å². The molecule has 0 unspecified atom stereocenters. The molecule has 0 spiro atoms. The summed E-state index contributed by atoms with van der Waals surface area (Å²) in [7, 11) is 0. The van der Waals surface area contributed by atoms with E-state index in [4.69, 9.17) is 4.74 Å². The lowest BCUT2D eigenvalue weighted by atomic mass is 10.1. The summed E-state index contributed by atoms with van der Waals surface area (Å²) in [5.41, 5.74) is 1.97. The van der Waals surface area contributed by atoms with Gasteiger partial charge < -0.3 is 15.4 Å². The van der Waals surface area contributed by atoms with Crippen LogP contribution in [0, 0.1) is 6.92 Å². The quantitative estimate of drug-likeness (QED) is 0.657. The maximum absolute atomic E-state index is 12.6. The lowest BCUT2D eigenvalue weighted by Gasteiger charge is -2.12. The summed E-state index contributed by atoms with van der Waals surface area (Å²) in [5, 5.41) is 5.73. The van der Waals surface area contributed by atoms with Gasteiger partial charge in [-0.25, -0.2) is 9.97 Å². The van der Waals surface area contributed by atoms with Crippen molar-refractivity contribution in [2.45, 2.75) is 32.4 Å². The van der Waals surface area contributed by atoms with Gasteiger partial charge >= 0.3 is 0 Å². The van der Waals surface area contributed by atoms with Crippen molar-refractivity contribution in [3.63, 3.8) is 0 Å². The van der Waals surface area contributed by atoms with Crippen LogP contribution in [0.3, 0.4) is 0 Å². The molecule has 3 heterocycles. The molecule has 154 valence electrons. The van der Waals surface area contributed by atoms with Crippen molar-refractivity contribution in [3.05, 3.63) is 71.9 Å². The highest BCUT2D eigenvalue weighted by Crippen LogP contribution is 2.16. The van der Waals surface area contributed by atoms with Crippen LogP contribution in [0.5, 0.6) is 0 Å². The molecule has 0 saturated carbocycles. The van der Waals surface area contributed by atoms with Gasteiger partial charge in [-0.1, -0.05) is 6.07 Å². The van der Waals surface area contributed by atoms with Crippen molar-refractivity contribution >= 4 is 17.5 Å². The molecule has 2 N–H and O–H groups in total. The van der Waals surface area contributed by atoms with E-state index in [1.807, 2.05) is 29.8 Å². The minimum absolute atomic E-state index is 0.177. The number of pyridine rings is 1. The van der Waals surface area contributed by atoms with Gasteiger partial charge in [0.25, 0.3) is 11.8 Å². The molecule has 8 nitrogen and oxygen atoms in total. The van der Waals surface area contributed by atoms with Crippen molar-refractivity contribution in [2.24, 2.45) is 0 Å². The topological polar surface area (TPSA) is 98.1 Å². The first-order valence-electron chi connectivity index (χ1n) is 9.86. The van der Waals surface area contributed by atoms with Crippen LogP contribution >= 0.6 is 0 Å². The summed E-state index contributed by atoms with van der Waals surface area (Å²) in [6.45, 7) is 2.87. The van der Waals surface area contributed by atoms with Crippen molar-refractivity contribution in [2.75, 3.05) is 11.9 Å². The molecule has 1 aliphatic heterocycles. The van der Waals surface area contributed by atoms with E-state index in [1.165, 1.54) is 0 Å². The third-order valence-electron chi connectivity index (χ3n) is 4.95. The number of nitrogens with zero attached hydrogens (tertiary/aromatic N) is 3. The number of hydrogen-bond donors (Lipinski definition) is 2. The largest absolute Gasteiger partial charge is 0.368 e. The maximum Gasteiger partial charge on any atom is 0.253 e. The minimum atomic E-state index is -0.414. The number of amides is 2. The fraction of sp³-hybridized carbons (Fsp3) is 0.273. The number of hydrogen-bond acceptors (Lipinski definition) is 5. The molecular weight excluding hydrogens is 382 g/mol. The molecule has 0 bridgehead atoms. The Kier molecular flexibility index (Phi) is 5.85. The summed E-state index contributed by atoms with van der Waals surface area (Å²) in [6, 6.07) is 10.6. The highest BCUT2D eigenvalue weighted by molar-refractivity contribution is 5.98. The van der Waals surface area contributed by atoms with Crippen LogP contribution in [0.25, 0.3) is 5.82 Å². The number of aromatic nitrogens is 3. The first kappa shape index (κ1) is 19.8. The normalized spacial score (nSPS) is 15.7. The van der Waals surface area contributed by atoms with Gasteiger partial charge in [-0.05, 0) is 55.7 Å². The second-order valence-corrected chi connectivity index (χ2v) is 7.12. The van der Waals surface area contributed by atoms with E-state index in [0.29, 0.717) is 24.4 Å². The number of rotatable bonds is 6. The molecule has 3 aromatic rings. The van der Waals surface area contributed by atoms with Crippen LogP contribution in [-0.2, 0) is 16.1 Å². The maximum atomic E-state index is 12.6. The van der Waals surface area contributed by atoms with Crippen LogP contribution in [0.15, 0.2) is 55.0 Å². The van der Waals surface area contributed by atoms with Gasteiger partial charge in [0.15, 0.2) is 0 Å². The molecule has 2 amide bonds.